The van der Waals surface area contributed by atoms with Crippen LogP contribution < -0.4 is 5.32 Å². The number of rotatable bonds is 5. The second kappa shape index (κ2) is 4.94. The third kappa shape index (κ3) is 3.19. The molecule has 1 heterocycles. The molecule has 1 saturated heterocycles. The van der Waals surface area contributed by atoms with E-state index >= 15 is 0 Å². The van der Waals surface area contributed by atoms with E-state index in [1.54, 1.807) is 0 Å². The van der Waals surface area contributed by atoms with Gasteiger partial charge >= 0.3 is 5.97 Å². The molecule has 2 N–H and O–H groups in total. The van der Waals surface area contributed by atoms with Gasteiger partial charge in [0.2, 0.25) is 0 Å². The summed E-state index contributed by atoms with van der Waals surface area (Å²) in [5.41, 5.74) is -0.785. The van der Waals surface area contributed by atoms with Gasteiger partial charge in [-0.3, -0.25) is 15.0 Å². The summed E-state index contributed by atoms with van der Waals surface area (Å²) in [6.07, 6.45) is 5.91. The molecule has 2 rings (SSSR count). The van der Waals surface area contributed by atoms with Gasteiger partial charge in [-0.05, 0) is 46.1 Å². The number of nitrogens with one attached hydrogen (secondary N) is 1. The molecule has 2 fully saturated rings. The van der Waals surface area contributed by atoms with Crippen LogP contribution in [0.3, 0.4) is 0 Å². The third-order valence-electron chi connectivity index (χ3n) is 4.03. The van der Waals surface area contributed by atoms with E-state index in [1.165, 1.54) is 19.3 Å². The van der Waals surface area contributed by atoms with Gasteiger partial charge in [-0.2, -0.15) is 0 Å². The van der Waals surface area contributed by atoms with Crippen LogP contribution in [-0.2, 0) is 4.79 Å². The van der Waals surface area contributed by atoms with Crippen LogP contribution in [0.5, 0.6) is 0 Å². The minimum Gasteiger partial charge on any atom is -0.480 e. The van der Waals surface area contributed by atoms with E-state index in [0.717, 1.165) is 19.4 Å². The number of piperidine rings is 1. The van der Waals surface area contributed by atoms with Gasteiger partial charge in [0.05, 0.1) is 0 Å². The van der Waals surface area contributed by atoms with Crippen LogP contribution in [0.2, 0.25) is 0 Å². The van der Waals surface area contributed by atoms with E-state index in [4.69, 9.17) is 0 Å². The lowest BCUT2D eigenvalue weighted by Crippen LogP contribution is -2.59. The van der Waals surface area contributed by atoms with Crippen LogP contribution in [0, 0.1) is 0 Å². The summed E-state index contributed by atoms with van der Waals surface area (Å²) in [6, 6.07) is 0.944. The van der Waals surface area contributed by atoms with E-state index in [2.05, 4.69) is 17.1 Å². The van der Waals surface area contributed by atoms with Crippen molar-refractivity contribution in [1.29, 1.82) is 0 Å². The molecule has 2 atom stereocenters. The van der Waals surface area contributed by atoms with Gasteiger partial charge in [0.1, 0.15) is 5.54 Å². The molecule has 2 unspecified atom stereocenters. The Morgan fingerprint density at radius 1 is 1.41 bits per heavy atom. The number of carboxylic acids is 1. The number of likely N-dealkylation sites (tertiary alicyclic amines) is 1. The lowest BCUT2D eigenvalue weighted by atomic mass is 9.97. The Labute approximate surface area is 103 Å². The molecule has 17 heavy (non-hydrogen) atoms. The molecule has 4 heteroatoms. The van der Waals surface area contributed by atoms with Gasteiger partial charge in [0.15, 0.2) is 0 Å². The van der Waals surface area contributed by atoms with Crippen molar-refractivity contribution in [2.75, 3.05) is 13.1 Å². The summed E-state index contributed by atoms with van der Waals surface area (Å²) in [6.45, 7) is 5.70. The monoisotopic (exact) mass is 240 g/mol. The lowest BCUT2D eigenvalue weighted by Gasteiger charge is -2.39. The molecule has 0 aromatic heterocycles. The third-order valence-corrected chi connectivity index (χ3v) is 4.03. The van der Waals surface area contributed by atoms with Crippen molar-refractivity contribution in [1.82, 2.24) is 10.2 Å². The van der Waals surface area contributed by atoms with Gasteiger partial charge in [-0.1, -0.05) is 6.42 Å². The van der Waals surface area contributed by atoms with Crippen LogP contribution in [0.15, 0.2) is 0 Å². The molecular weight excluding hydrogens is 216 g/mol. The minimum atomic E-state index is -0.785. The van der Waals surface area contributed by atoms with E-state index in [9.17, 15) is 9.90 Å². The predicted octanol–water partition coefficient (Wildman–Crippen LogP) is 1.46. The Hall–Kier alpha value is -0.610. The number of hydrogen-bond acceptors (Lipinski definition) is 3. The number of nitrogens with zero attached hydrogens (tertiary/aromatic N) is 1. The molecule has 4 nitrogen and oxygen atoms in total. The second-order valence-electron chi connectivity index (χ2n) is 5.87. The fourth-order valence-corrected chi connectivity index (χ4v) is 2.65. The van der Waals surface area contributed by atoms with Gasteiger partial charge < -0.3 is 5.11 Å². The zero-order valence-corrected chi connectivity index (χ0v) is 10.9. The van der Waals surface area contributed by atoms with Gasteiger partial charge in [0, 0.05) is 18.6 Å². The first kappa shape index (κ1) is 12.8. The standard InChI is InChI=1S/C13H24N2O2/c1-10-5-3-4-8-15(10)9-13(2,12(16)17)14-11-6-7-11/h10-11,14H,3-9H2,1-2H3,(H,16,17). The van der Waals surface area contributed by atoms with Gasteiger partial charge in [-0.25, -0.2) is 0 Å². The van der Waals surface area contributed by atoms with E-state index < -0.39 is 11.5 Å². The Kier molecular flexibility index (Phi) is 3.73. The highest BCUT2D eigenvalue weighted by Crippen LogP contribution is 2.25. The molecule has 1 saturated carbocycles. The molecule has 0 aromatic carbocycles. The SMILES string of the molecule is CC1CCCCN1CC(C)(NC1CC1)C(=O)O. The fraction of sp³-hybridized carbons (Fsp3) is 0.923. The van der Waals surface area contributed by atoms with Crippen molar-refractivity contribution < 1.29 is 9.90 Å². The van der Waals surface area contributed by atoms with Crippen LogP contribution in [-0.4, -0.2) is 46.7 Å². The summed E-state index contributed by atoms with van der Waals surface area (Å²) >= 11 is 0. The molecule has 2 aliphatic rings. The first-order valence-electron chi connectivity index (χ1n) is 6.76. The molecule has 0 aromatic rings. The molecule has 0 amide bonds. The lowest BCUT2D eigenvalue weighted by molar-refractivity contribution is -0.145. The first-order valence-corrected chi connectivity index (χ1v) is 6.76. The Balaban J connectivity index is 1.97. The average molecular weight is 240 g/mol. The predicted molar refractivity (Wildman–Crippen MR) is 67.1 cm³/mol. The fourth-order valence-electron chi connectivity index (χ4n) is 2.65. The van der Waals surface area contributed by atoms with Crippen molar-refractivity contribution >= 4 is 5.97 Å². The molecule has 1 aliphatic heterocycles. The molecule has 0 radical (unpaired) electrons. The average Bonchev–Trinajstić information content (AvgIpc) is 3.05. The minimum absolute atomic E-state index is 0.427. The van der Waals surface area contributed by atoms with E-state index in [-0.39, 0.29) is 0 Å². The number of carboxylic acid groups (broad SMARTS) is 1. The summed E-state index contributed by atoms with van der Waals surface area (Å²) in [5, 5.41) is 12.7. The normalized spacial score (nSPS) is 29.9. The highest BCUT2D eigenvalue weighted by atomic mass is 16.4. The molecule has 0 spiro atoms. The molecule has 1 aliphatic carbocycles. The quantitative estimate of drug-likeness (QED) is 0.764. The van der Waals surface area contributed by atoms with Gasteiger partial charge in [-0.15, -0.1) is 0 Å². The van der Waals surface area contributed by atoms with Crippen LogP contribution in [0.4, 0.5) is 0 Å². The largest absolute Gasteiger partial charge is 0.480 e. The smallest absolute Gasteiger partial charge is 0.324 e. The topological polar surface area (TPSA) is 52.6 Å². The van der Waals surface area contributed by atoms with Crippen LogP contribution in [0.25, 0.3) is 0 Å². The molecule has 98 valence electrons. The van der Waals surface area contributed by atoms with E-state index in [1.807, 2.05) is 6.92 Å². The summed E-state index contributed by atoms with van der Waals surface area (Å²) < 4.78 is 0. The Morgan fingerprint density at radius 3 is 2.65 bits per heavy atom. The number of aliphatic carboxylic acids is 1. The highest BCUT2D eigenvalue weighted by Gasteiger charge is 2.40. The second-order valence-corrected chi connectivity index (χ2v) is 5.87. The molecular formula is C13H24N2O2. The number of hydrogen-bond donors (Lipinski definition) is 2. The van der Waals surface area contributed by atoms with Crippen LogP contribution in [0.1, 0.15) is 46.0 Å². The summed E-state index contributed by atoms with van der Waals surface area (Å²) in [4.78, 5) is 13.8. The van der Waals surface area contributed by atoms with Crippen molar-refractivity contribution in [3.63, 3.8) is 0 Å². The Morgan fingerprint density at radius 2 is 2.12 bits per heavy atom. The van der Waals surface area contributed by atoms with Crippen molar-refractivity contribution in [2.45, 2.75) is 63.6 Å². The maximum absolute atomic E-state index is 11.5. The Bertz CT molecular complexity index is 291. The van der Waals surface area contributed by atoms with Crippen LogP contribution >= 0.6 is 0 Å². The zero-order valence-electron chi connectivity index (χ0n) is 10.9. The van der Waals surface area contributed by atoms with E-state index in [0.29, 0.717) is 18.6 Å². The maximum atomic E-state index is 11.5. The molecule has 0 bridgehead atoms. The van der Waals surface area contributed by atoms with Crippen molar-refractivity contribution in [3.05, 3.63) is 0 Å². The van der Waals surface area contributed by atoms with Crippen molar-refractivity contribution in [2.24, 2.45) is 0 Å². The first-order chi connectivity index (χ1) is 8.01. The highest BCUT2D eigenvalue weighted by molar-refractivity contribution is 5.78. The maximum Gasteiger partial charge on any atom is 0.324 e. The van der Waals surface area contributed by atoms with Crippen molar-refractivity contribution in [3.8, 4) is 0 Å². The zero-order chi connectivity index (χ0) is 12.5. The number of carbonyl (C=O) groups is 1. The van der Waals surface area contributed by atoms with Gasteiger partial charge in [0.25, 0.3) is 0 Å². The summed E-state index contributed by atoms with van der Waals surface area (Å²) in [5.74, 6) is -0.720. The summed E-state index contributed by atoms with van der Waals surface area (Å²) in [7, 11) is 0.